The Bertz CT molecular complexity index is 1380. The molecule has 2 fully saturated rings. The molecule has 2 aliphatic heterocycles. The van der Waals surface area contributed by atoms with Crippen molar-refractivity contribution in [3.63, 3.8) is 0 Å². The van der Waals surface area contributed by atoms with Gasteiger partial charge in [0.2, 0.25) is 10.0 Å². The van der Waals surface area contributed by atoms with Gasteiger partial charge in [0.25, 0.3) is 5.91 Å². The van der Waals surface area contributed by atoms with Crippen LogP contribution in [0.25, 0.3) is 10.2 Å². The fraction of sp³-hybridized carbons (Fsp3) is 0.462. The zero-order valence-electron chi connectivity index (χ0n) is 21.5. The molecular weight excluding hydrogens is 529 g/mol. The van der Waals surface area contributed by atoms with Gasteiger partial charge in [0.15, 0.2) is 5.13 Å². The summed E-state index contributed by atoms with van der Waals surface area (Å²) in [6, 6.07) is 11.1. The van der Waals surface area contributed by atoms with Crippen molar-refractivity contribution < 1.29 is 22.3 Å². The van der Waals surface area contributed by atoms with Gasteiger partial charge in [-0.2, -0.15) is 4.31 Å². The summed E-state index contributed by atoms with van der Waals surface area (Å²) < 4.78 is 48.0. The summed E-state index contributed by atoms with van der Waals surface area (Å²) in [5, 5.41) is 3.76. The lowest BCUT2D eigenvalue weighted by molar-refractivity contribution is -0.0440. The van der Waals surface area contributed by atoms with Crippen LogP contribution in [0.1, 0.15) is 24.2 Å². The summed E-state index contributed by atoms with van der Waals surface area (Å²) in [5.41, 5.74) is 0.842. The lowest BCUT2D eigenvalue weighted by Gasteiger charge is -2.34. The first-order valence-corrected chi connectivity index (χ1v) is 15.0. The van der Waals surface area contributed by atoms with Crippen molar-refractivity contribution in [3.05, 3.63) is 53.8 Å². The molecule has 204 valence electrons. The Labute approximate surface area is 226 Å². The lowest BCUT2D eigenvalue weighted by Crippen LogP contribution is -2.48. The van der Waals surface area contributed by atoms with Gasteiger partial charge in [-0.15, -0.1) is 0 Å². The number of hydrogen-bond acceptors (Lipinski definition) is 8. The van der Waals surface area contributed by atoms with Gasteiger partial charge >= 0.3 is 0 Å². The first kappa shape index (κ1) is 26.9. The summed E-state index contributed by atoms with van der Waals surface area (Å²) in [5.74, 6) is -0.533. The highest BCUT2D eigenvalue weighted by Gasteiger charge is 2.32. The smallest absolute Gasteiger partial charge is 0.251 e. The van der Waals surface area contributed by atoms with E-state index in [-0.39, 0.29) is 28.8 Å². The lowest BCUT2D eigenvalue weighted by atomic mass is 10.2. The molecule has 0 bridgehead atoms. The van der Waals surface area contributed by atoms with Crippen molar-refractivity contribution in [2.45, 2.75) is 31.0 Å². The number of thiazole rings is 1. The monoisotopic (exact) mass is 561 g/mol. The Hall–Kier alpha value is -2.64. The molecule has 0 spiro atoms. The Morgan fingerprint density at radius 2 is 1.76 bits per heavy atom. The number of para-hydroxylation sites is 1. The van der Waals surface area contributed by atoms with Crippen molar-refractivity contribution >= 4 is 42.6 Å². The van der Waals surface area contributed by atoms with E-state index in [0.717, 1.165) is 36.0 Å². The standard InChI is InChI=1S/C26H32FN5O4S2/c1-18-16-32(17-19(2)36-18)38(34,35)21-8-6-20(7-9-21)25(33)28-10-11-30-12-14-31(15-13-30)26-29-24-22(27)4-3-5-23(24)37-26/h3-9,18-19H,10-17H2,1-2H3,(H,28,33). The molecule has 0 aliphatic carbocycles. The molecule has 3 aromatic rings. The molecule has 38 heavy (non-hydrogen) atoms. The molecule has 2 aromatic carbocycles. The van der Waals surface area contributed by atoms with Crippen molar-refractivity contribution in [1.82, 2.24) is 19.5 Å². The number of sulfonamides is 1. The van der Waals surface area contributed by atoms with Crippen LogP contribution in [-0.4, -0.2) is 93.1 Å². The SMILES string of the molecule is CC1CN(S(=O)(=O)c2ccc(C(=O)NCCN3CCN(c4nc5c(F)cccc5s4)CC3)cc2)CC(C)O1. The fourth-order valence-electron chi connectivity index (χ4n) is 4.89. The number of carbonyl (C=O) groups excluding carboxylic acids is 1. The van der Waals surface area contributed by atoms with Gasteiger partial charge in [-0.1, -0.05) is 17.4 Å². The van der Waals surface area contributed by atoms with Gasteiger partial charge in [-0.3, -0.25) is 9.69 Å². The van der Waals surface area contributed by atoms with E-state index < -0.39 is 10.0 Å². The van der Waals surface area contributed by atoms with Gasteiger partial charge < -0.3 is 15.0 Å². The van der Waals surface area contributed by atoms with Crippen LogP contribution in [0, 0.1) is 5.82 Å². The first-order valence-electron chi connectivity index (χ1n) is 12.8. The van der Waals surface area contributed by atoms with E-state index in [1.807, 2.05) is 19.9 Å². The number of rotatable bonds is 7. The van der Waals surface area contributed by atoms with Crippen LogP contribution in [0.5, 0.6) is 0 Å². The molecule has 2 atom stereocenters. The van der Waals surface area contributed by atoms with Crippen LogP contribution < -0.4 is 10.2 Å². The Balaban J connectivity index is 1.09. The van der Waals surface area contributed by atoms with Crippen LogP contribution in [0.3, 0.4) is 0 Å². The summed E-state index contributed by atoms with van der Waals surface area (Å²) >= 11 is 1.50. The molecule has 3 heterocycles. The van der Waals surface area contributed by atoms with Crippen LogP contribution >= 0.6 is 11.3 Å². The number of fused-ring (bicyclic) bond motifs is 1. The van der Waals surface area contributed by atoms with Crippen LogP contribution in [0.2, 0.25) is 0 Å². The zero-order valence-corrected chi connectivity index (χ0v) is 23.1. The number of halogens is 1. The predicted molar refractivity (Wildman–Crippen MR) is 146 cm³/mol. The molecule has 1 amide bonds. The molecule has 1 aromatic heterocycles. The van der Waals surface area contributed by atoms with Crippen molar-refractivity contribution in [2.75, 3.05) is 57.3 Å². The van der Waals surface area contributed by atoms with E-state index in [2.05, 4.69) is 20.1 Å². The number of hydrogen-bond donors (Lipinski definition) is 1. The third-order valence-electron chi connectivity index (χ3n) is 6.86. The molecule has 1 N–H and O–H groups in total. The number of carbonyl (C=O) groups is 1. The minimum atomic E-state index is -3.65. The third-order valence-corrected chi connectivity index (χ3v) is 9.78. The number of ether oxygens (including phenoxy) is 1. The number of aromatic nitrogens is 1. The average molecular weight is 562 g/mol. The highest BCUT2D eigenvalue weighted by Crippen LogP contribution is 2.30. The molecule has 2 aliphatic rings. The molecule has 2 unspecified atom stereocenters. The van der Waals surface area contributed by atoms with Crippen LogP contribution in [0.15, 0.2) is 47.4 Å². The number of anilines is 1. The van der Waals surface area contributed by atoms with Gasteiger partial charge in [0.05, 0.1) is 21.8 Å². The highest BCUT2D eigenvalue weighted by molar-refractivity contribution is 7.89. The minimum absolute atomic E-state index is 0.168. The Kier molecular flexibility index (Phi) is 7.96. The summed E-state index contributed by atoms with van der Waals surface area (Å²) in [6.45, 7) is 8.72. The van der Waals surface area contributed by atoms with E-state index in [4.69, 9.17) is 4.74 Å². The van der Waals surface area contributed by atoms with Crippen molar-refractivity contribution in [3.8, 4) is 0 Å². The van der Waals surface area contributed by atoms with Gasteiger partial charge in [-0.25, -0.2) is 17.8 Å². The second-order valence-electron chi connectivity index (χ2n) is 9.77. The van der Waals surface area contributed by atoms with Crippen molar-refractivity contribution in [1.29, 1.82) is 0 Å². The molecule has 12 heteroatoms. The topological polar surface area (TPSA) is 95.1 Å². The Morgan fingerprint density at radius 1 is 1.08 bits per heavy atom. The molecule has 0 saturated carbocycles. The second-order valence-corrected chi connectivity index (χ2v) is 12.7. The maximum Gasteiger partial charge on any atom is 0.251 e. The molecule has 2 saturated heterocycles. The number of amides is 1. The van der Waals surface area contributed by atoms with Crippen molar-refractivity contribution in [2.24, 2.45) is 0 Å². The van der Waals surface area contributed by atoms with Crippen LogP contribution in [0.4, 0.5) is 9.52 Å². The first-order chi connectivity index (χ1) is 18.2. The molecule has 5 rings (SSSR count). The molecule has 9 nitrogen and oxygen atoms in total. The van der Waals surface area contributed by atoms with Gasteiger partial charge in [0.1, 0.15) is 11.3 Å². The third kappa shape index (κ3) is 5.84. The average Bonchev–Trinajstić information content (AvgIpc) is 3.34. The maximum absolute atomic E-state index is 14.0. The largest absolute Gasteiger partial charge is 0.373 e. The quantitative estimate of drug-likeness (QED) is 0.474. The van der Waals surface area contributed by atoms with E-state index in [9.17, 15) is 17.6 Å². The predicted octanol–water partition coefficient (Wildman–Crippen LogP) is 2.79. The summed E-state index contributed by atoms with van der Waals surface area (Å²) in [6.07, 6.45) is -0.336. The minimum Gasteiger partial charge on any atom is -0.373 e. The number of piperazine rings is 1. The maximum atomic E-state index is 14.0. The number of morpholine rings is 1. The molecular formula is C26H32FN5O4S2. The van der Waals surface area contributed by atoms with E-state index >= 15 is 0 Å². The number of nitrogens with one attached hydrogen (secondary N) is 1. The second kappa shape index (κ2) is 11.2. The number of nitrogens with zero attached hydrogens (tertiary/aromatic N) is 4. The normalized spacial score (nSPS) is 21.6. The van der Waals surface area contributed by atoms with Crippen LogP contribution in [-0.2, 0) is 14.8 Å². The van der Waals surface area contributed by atoms with Gasteiger partial charge in [-0.05, 0) is 50.2 Å². The summed E-state index contributed by atoms with van der Waals surface area (Å²) in [4.78, 5) is 21.7. The number of benzene rings is 2. The molecule has 0 radical (unpaired) electrons. The van der Waals surface area contributed by atoms with E-state index in [1.54, 1.807) is 18.2 Å². The van der Waals surface area contributed by atoms with E-state index in [0.29, 0.717) is 37.3 Å². The fourth-order valence-corrected chi connectivity index (χ4v) is 7.51. The summed E-state index contributed by atoms with van der Waals surface area (Å²) in [7, 11) is -3.65. The van der Waals surface area contributed by atoms with E-state index in [1.165, 1.54) is 33.8 Å². The Morgan fingerprint density at radius 3 is 2.42 bits per heavy atom. The zero-order chi connectivity index (χ0) is 26.9. The van der Waals surface area contributed by atoms with Gasteiger partial charge in [0, 0.05) is 57.9 Å². The highest BCUT2D eigenvalue weighted by atomic mass is 32.2.